The maximum absolute atomic E-state index is 12.0. The van der Waals surface area contributed by atoms with Crippen molar-refractivity contribution in [1.29, 1.82) is 0 Å². The van der Waals surface area contributed by atoms with Gasteiger partial charge in [-0.25, -0.2) is 4.79 Å². The Hall–Kier alpha value is -1.86. The van der Waals surface area contributed by atoms with Crippen LogP contribution in [0.15, 0.2) is 0 Å². The highest BCUT2D eigenvalue weighted by Gasteiger charge is 2.69. The highest BCUT2D eigenvalue weighted by molar-refractivity contribution is 5.69. The molecule has 2 aliphatic carbocycles. The fraction of sp³-hybridized carbons (Fsp3) is 0.857. The molecule has 0 saturated heterocycles. The van der Waals surface area contributed by atoms with E-state index in [1.54, 1.807) is 0 Å². The molecule has 2 rings (SSSR count). The Morgan fingerprint density at radius 2 is 1.30 bits per heavy atom. The van der Waals surface area contributed by atoms with Gasteiger partial charge in [-0.1, -0.05) is 13.8 Å². The average Bonchev–Trinajstić information content (AvgIpc) is 3.25. The number of amides is 1. The topological polar surface area (TPSA) is 102 Å². The summed E-state index contributed by atoms with van der Waals surface area (Å²) in [6, 6.07) is 0. The van der Waals surface area contributed by atoms with Crippen LogP contribution in [0, 0.1) is 28.6 Å². The lowest BCUT2D eigenvalue weighted by Crippen LogP contribution is -2.29. The summed E-state index contributed by atoms with van der Waals surface area (Å²) in [5.74, 6) is 6.59. The molecule has 2 aliphatic rings. The Kier molecular flexibility index (Phi) is 13.2. The zero-order valence-corrected chi connectivity index (χ0v) is 23.4. The zero-order valence-electron chi connectivity index (χ0n) is 23.4. The van der Waals surface area contributed by atoms with Crippen LogP contribution in [0.4, 0.5) is 4.79 Å². The van der Waals surface area contributed by atoms with Gasteiger partial charge in [-0.15, -0.1) is 11.8 Å². The van der Waals surface area contributed by atoms with Gasteiger partial charge in [0.15, 0.2) is 0 Å². The van der Waals surface area contributed by atoms with Gasteiger partial charge in [0.1, 0.15) is 5.60 Å². The Morgan fingerprint density at radius 3 is 1.81 bits per heavy atom. The molecular weight excluding hydrogens is 478 g/mol. The smallest absolute Gasteiger partial charge is 0.407 e. The van der Waals surface area contributed by atoms with E-state index in [-0.39, 0.29) is 23.2 Å². The number of esters is 1. The number of fused-ring (bicyclic) bond motifs is 1. The summed E-state index contributed by atoms with van der Waals surface area (Å²) in [5, 5.41) is 2.74. The second-order valence-electron chi connectivity index (χ2n) is 11.1. The highest BCUT2D eigenvalue weighted by atomic mass is 16.6. The summed E-state index contributed by atoms with van der Waals surface area (Å²) in [6.07, 6.45) is 3.83. The van der Waals surface area contributed by atoms with Gasteiger partial charge in [0.25, 0.3) is 0 Å². The molecule has 1 unspecified atom stereocenters. The van der Waals surface area contributed by atoms with E-state index in [4.69, 9.17) is 28.4 Å². The molecule has 0 bridgehead atoms. The van der Waals surface area contributed by atoms with E-state index in [1.165, 1.54) is 0 Å². The second-order valence-corrected chi connectivity index (χ2v) is 11.1. The Bertz CT molecular complexity index is 746. The number of hydrogen-bond acceptors (Lipinski definition) is 8. The van der Waals surface area contributed by atoms with Crippen molar-refractivity contribution in [1.82, 2.24) is 5.32 Å². The number of ether oxygens (including phenoxy) is 6. The second kappa shape index (κ2) is 15.5. The van der Waals surface area contributed by atoms with Crippen molar-refractivity contribution in [3.63, 3.8) is 0 Å². The summed E-state index contributed by atoms with van der Waals surface area (Å²) in [5.41, 5.74) is -0.0425. The quantitative estimate of drug-likeness (QED) is 0.174. The zero-order chi connectivity index (χ0) is 27.2. The molecule has 1 amide bonds. The largest absolute Gasteiger partial charge is 0.460 e. The molecule has 0 radical (unpaired) electrons. The van der Waals surface area contributed by atoms with Crippen LogP contribution in [0.2, 0.25) is 0 Å². The fourth-order valence-electron chi connectivity index (χ4n) is 4.93. The van der Waals surface area contributed by atoms with E-state index < -0.39 is 11.7 Å². The van der Waals surface area contributed by atoms with Gasteiger partial charge in [-0.05, 0) is 44.4 Å². The molecule has 0 heterocycles. The van der Waals surface area contributed by atoms with E-state index in [1.807, 2.05) is 20.8 Å². The van der Waals surface area contributed by atoms with E-state index in [9.17, 15) is 9.59 Å². The van der Waals surface area contributed by atoms with Gasteiger partial charge in [-0.2, -0.15) is 0 Å². The molecule has 1 fully saturated rings. The molecule has 9 nitrogen and oxygen atoms in total. The molecule has 0 aromatic carbocycles. The predicted octanol–water partition coefficient (Wildman–Crippen LogP) is 3.73. The minimum atomic E-state index is -0.474. The van der Waals surface area contributed by atoms with Crippen molar-refractivity contribution >= 4 is 12.1 Å². The van der Waals surface area contributed by atoms with Crippen molar-refractivity contribution in [2.24, 2.45) is 16.7 Å². The maximum Gasteiger partial charge on any atom is 0.407 e. The number of rotatable bonds is 17. The normalized spacial score (nSPS) is 24.6. The lowest BCUT2D eigenvalue weighted by atomic mass is 9.87. The van der Waals surface area contributed by atoms with Crippen molar-refractivity contribution in [3.8, 4) is 11.8 Å². The summed E-state index contributed by atoms with van der Waals surface area (Å²) < 4.78 is 32.4. The maximum atomic E-state index is 12.0. The van der Waals surface area contributed by atoms with Crippen molar-refractivity contribution in [3.05, 3.63) is 0 Å². The van der Waals surface area contributed by atoms with E-state index >= 15 is 0 Å². The molecular formula is C28H47NO8. The van der Waals surface area contributed by atoms with Crippen LogP contribution in [-0.2, 0) is 33.2 Å². The highest BCUT2D eigenvalue weighted by Crippen LogP contribution is 2.73. The van der Waals surface area contributed by atoms with Crippen molar-refractivity contribution < 1.29 is 38.0 Å². The summed E-state index contributed by atoms with van der Waals surface area (Å²) in [4.78, 5) is 23.6. The van der Waals surface area contributed by atoms with E-state index in [0.717, 1.165) is 25.7 Å². The van der Waals surface area contributed by atoms with Crippen LogP contribution in [0.5, 0.6) is 0 Å². The number of hydrogen-bond donors (Lipinski definition) is 1. The SMILES string of the molecule is CC(C)(C)OC(=O)CCOCCOCCOCCOCCNC(=O)OCC1[C@]2(C)CCC#CCC[C@]12C. The minimum absolute atomic E-state index is 0.216. The lowest BCUT2D eigenvalue weighted by Gasteiger charge is -2.19. The van der Waals surface area contributed by atoms with Crippen LogP contribution < -0.4 is 5.32 Å². The fourth-order valence-corrected chi connectivity index (χ4v) is 4.93. The lowest BCUT2D eigenvalue weighted by molar-refractivity contribution is -0.156. The number of alkyl carbamates (subject to hydrolysis) is 1. The molecule has 0 spiro atoms. The van der Waals surface area contributed by atoms with Gasteiger partial charge >= 0.3 is 12.1 Å². The Balaban J connectivity index is 1.33. The van der Waals surface area contributed by atoms with Crippen LogP contribution >= 0.6 is 0 Å². The summed E-state index contributed by atoms with van der Waals surface area (Å²) >= 11 is 0. The molecule has 1 N–H and O–H groups in total. The molecule has 37 heavy (non-hydrogen) atoms. The van der Waals surface area contributed by atoms with Gasteiger partial charge in [0.2, 0.25) is 0 Å². The summed E-state index contributed by atoms with van der Waals surface area (Å²) in [6.45, 7) is 14.3. The third-order valence-electron chi connectivity index (χ3n) is 7.31. The van der Waals surface area contributed by atoms with E-state index in [0.29, 0.717) is 71.9 Å². The van der Waals surface area contributed by atoms with Crippen molar-refractivity contribution in [2.75, 3.05) is 66.0 Å². The standard InChI is InChI=1S/C28H47NO8/c1-26(2,3)37-24(30)10-14-32-16-18-34-20-21-35-19-17-33-15-13-29-25(31)36-22-23-27(4)11-8-6-7-9-12-28(23,27)5/h23H,8-22H2,1-5H3,(H,29,31)/t23?,27-,28+. The predicted molar refractivity (Wildman–Crippen MR) is 139 cm³/mol. The first kappa shape index (κ1) is 31.4. The molecule has 0 aromatic heterocycles. The average molecular weight is 526 g/mol. The monoisotopic (exact) mass is 525 g/mol. The number of carbonyl (C=O) groups excluding carboxylic acids is 2. The van der Waals surface area contributed by atoms with E-state index in [2.05, 4.69) is 31.0 Å². The molecule has 3 atom stereocenters. The van der Waals surface area contributed by atoms with Gasteiger partial charge < -0.3 is 33.7 Å². The first-order chi connectivity index (χ1) is 17.6. The molecule has 0 aliphatic heterocycles. The third kappa shape index (κ3) is 11.2. The number of nitrogens with one attached hydrogen (secondary N) is 1. The van der Waals surface area contributed by atoms with Crippen molar-refractivity contribution in [2.45, 2.75) is 72.3 Å². The third-order valence-corrected chi connectivity index (χ3v) is 7.31. The first-order valence-corrected chi connectivity index (χ1v) is 13.5. The molecule has 9 heteroatoms. The van der Waals surface area contributed by atoms with Gasteiger partial charge in [0, 0.05) is 25.3 Å². The van der Waals surface area contributed by atoms with Crippen LogP contribution in [-0.4, -0.2) is 83.7 Å². The molecule has 212 valence electrons. The first-order valence-electron chi connectivity index (χ1n) is 13.5. The van der Waals surface area contributed by atoms with Crippen LogP contribution in [0.1, 0.15) is 66.7 Å². The summed E-state index contributed by atoms with van der Waals surface area (Å²) in [7, 11) is 0. The molecule has 1 saturated carbocycles. The number of carbonyl (C=O) groups is 2. The van der Waals surface area contributed by atoms with Gasteiger partial charge in [-0.3, -0.25) is 4.79 Å². The molecule has 0 aromatic rings. The van der Waals surface area contributed by atoms with Crippen LogP contribution in [0.25, 0.3) is 0 Å². The van der Waals surface area contributed by atoms with Gasteiger partial charge in [0.05, 0.1) is 65.9 Å². The Labute approximate surface area is 222 Å². The van der Waals surface area contributed by atoms with Crippen LogP contribution in [0.3, 0.4) is 0 Å². The minimum Gasteiger partial charge on any atom is -0.460 e. The Morgan fingerprint density at radius 1 is 0.811 bits per heavy atom.